The van der Waals surface area contributed by atoms with Gasteiger partial charge in [0.2, 0.25) is 10.0 Å². The number of fused-ring (bicyclic) bond motifs is 1. The largest absolute Gasteiger partial charge is 0.465 e. The van der Waals surface area contributed by atoms with Crippen molar-refractivity contribution in [3.63, 3.8) is 0 Å². The van der Waals surface area contributed by atoms with Crippen molar-refractivity contribution >= 4 is 16.1 Å². The average molecular weight is 557 g/mol. The zero-order valence-corrected chi connectivity index (χ0v) is 23.2. The maximum Gasteiger partial charge on any atom is 0.410 e. The summed E-state index contributed by atoms with van der Waals surface area (Å²) >= 11 is 0. The van der Waals surface area contributed by atoms with Crippen LogP contribution < -0.4 is 9.88 Å². The molecule has 0 aromatic heterocycles. The molecule has 39 heavy (non-hydrogen) atoms. The van der Waals surface area contributed by atoms with E-state index in [-0.39, 0.29) is 29.5 Å². The minimum atomic E-state index is -3.73. The lowest BCUT2D eigenvalue weighted by atomic mass is 10.0. The molecule has 0 spiro atoms. The smallest absolute Gasteiger partial charge is 0.410 e. The molecule has 3 atom stereocenters. The zero-order chi connectivity index (χ0) is 27.8. The molecule has 2 heterocycles. The van der Waals surface area contributed by atoms with Crippen molar-refractivity contribution in [2.75, 3.05) is 26.3 Å². The number of hydrogen-bond acceptors (Lipinski definition) is 7. The molecule has 2 aromatic rings. The monoisotopic (exact) mass is 556 g/mol. The second-order valence-corrected chi connectivity index (χ2v) is 11.3. The third-order valence-corrected chi connectivity index (χ3v) is 7.56. The van der Waals surface area contributed by atoms with E-state index in [0.717, 1.165) is 42.6 Å². The van der Waals surface area contributed by atoms with Gasteiger partial charge in [0.25, 0.3) is 0 Å². The van der Waals surface area contributed by atoms with Crippen LogP contribution in [-0.4, -0.2) is 52.0 Å². The number of benzene rings is 2. The maximum absolute atomic E-state index is 12.4. The first-order chi connectivity index (χ1) is 18.7. The third kappa shape index (κ3) is 8.19. The molecule has 0 aliphatic carbocycles. The Bertz CT molecular complexity index is 1320. The van der Waals surface area contributed by atoms with Crippen LogP contribution in [0, 0.1) is 11.8 Å². The predicted octanol–water partition coefficient (Wildman–Crippen LogP) is 4.66. The average Bonchev–Trinajstić information content (AvgIpc) is 3.27. The van der Waals surface area contributed by atoms with Gasteiger partial charge in [-0.3, -0.25) is 0 Å². The number of hydrogen-bond donors (Lipinski definition) is 1. The highest BCUT2D eigenvalue weighted by Crippen LogP contribution is 2.37. The molecule has 0 bridgehead atoms. The van der Waals surface area contributed by atoms with E-state index < -0.39 is 10.0 Å². The number of ether oxygens (including phenoxy) is 4. The van der Waals surface area contributed by atoms with Gasteiger partial charge >= 0.3 is 6.09 Å². The molecule has 2 N–H and O–H groups in total. The van der Waals surface area contributed by atoms with Crippen molar-refractivity contribution in [1.29, 1.82) is 0 Å². The Morgan fingerprint density at radius 1 is 1.05 bits per heavy atom. The van der Waals surface area contributed by atoms with Crippen LogP contribution in [0.5, 0.6) is 5.75 Å². The van der Waals surface area contributed by atoms with Gasteiger partial charge in [-0.25, -0.2) is 18.4 Å². The fourth-order valence-electron chi connectivity index (χ4n) is 4.62. The predicted molar refractivity (Wildman–Crippen MR) is 145 cm³/mol. The Hall–Kier alpha value is -3.10. The second kappa shape index (κ2) is 13.3. The molecule has 9 nitrogen and oxygen atoms in total. The molecular formula is C29H36N2O7S. The van der Waals surface area contributed by atoms with Gasteiger partial charge in [-0.05, 0) is 62.6 Å². The number of cyclic esters (lactones) is 1. The molecule has 0 saturated carbocycles. The van der Waals surface area contributed by atoms with E-state index in [1.54, 1.807) is 17.0 Å². The lowest BCUT2D eigenvalue weighted by Gasteiger charge is -2.29. The zero-order valence-electron chi connectivity index (χ0n) is 22.4. The standard InChI is InChI=1S/C29H36N2O7S/c1-21-26-19-24(13-14-27(26)37-22(2)36-21)28-20-31(29(32)38-28)15-6-3-4-7-16-35-17-8-5-10-23-11-9-12-25(18-23)39(30,33)34/h9,11-14,18-19,21-22,28H,3-4,6-8,15-17,20H2,1-2H3,(H2,30,33,34)/t21?,22?,28-/m0/s1. The summed E-state index contributed by atoms with van der Waals surface area (Å²) in [5, 5.41) is 5.14. The molecule has 2 aromatic carbocycles. The molecule has 1 amide bonds. The summed E-state index contributed by atoms with van der Waals surface area (Å²) in [6, 6.07) is 12.2. The molecular weight excluding hydrogens is 520 g/mol. The van der Waals surface area contributed by atoms with Crippen LogP contribution in [0.2, 0.25) is 0 Å². The van der Waals surface area contributed by atoms with Crippen LogP contribution in [0.3, 0.4) is 0 Å². The molecule has 1 saturated heterocycles. The van der Waals surface area contributed by atoms with Crippen LogP contribution >= 0.6 is 0 Å². The molecule has 210 valence electrons. The summed E-state index contributed by atoms with van der Waals surface area (Å²) in [5.41, 5.74) is 2.53. The van der Waals surface area contributed by atoms with E-state index in [0.29, 0.717) is 38.3 Å². The summed E-state index contributed by atoms with van der Waals surface area (Å²) in [4.78, 5) is 14.2. The van der Waals surface area contributed by atoms with Crippen LogP contribution in [0.15, 0.2) is 47.4 Å². The van der Waals surface area contributed by atoms with Crippen LogP contribution in [0.1, 0.15) is 74.8 Å². The Balaban J connectivity index is 1.08. The van der Waals surface area contributed by atoms with E-state index in [1.165, 1.54) is 12.1 Å². The van der Waals surface area contributed by atoms with Gasteiger partial charge in [0.05, 0.1) is 24.2 Å². The number of primary sulfonamides is 1. The molecule has 2 unspecified atom stereocenters. The SMILES string of the molecule is CC1Oc2ccc([C@@H]3CN(CCCCCCOCCC#Cc4cccc(S(N)(=O)=O)c4)C(=O)O3)cc2C(C)O1. The van der Waals surface area contributed by atoms with Gasteiger partial charge in [0.1, 0.15) is 11.9 Å². The number of unbranched alkanes of at least 4 members (excludes halogenated alkanes) is 3. The van der Waals surface area contributed by atoms with Gasteiger partial charge in [0.15, 0.2) is 6.29 Å². The van der Waals surface area contributed by atoms with E-state index in [9.17, 15) is 13.2 Å². The number of carbonyl (C=O) groups is 1. The Kier molecular flexibility index (Phi) is 9.86. The summed E-state index contributed by atoms with van der Waals surface area (Å²) in [6.07, 6.45) is 3.51. The molecule has 0 radical (unpaired) electrons. The third-order valence-electron chi connectivity index (χ3n) is 6.65. The van der Waals surface area contributed by atoms with Gasteiger partial charge in [-0.1, -0.05) is 36.8 Å². The van der Waals surface area contributed by atoms with Crippen molar-refractivity contribution in [3.8, 4) is 17.6 Å². The lowest BCUT2D eigenvalue weighted by molar-refractivity contribution is -0.122. The topological polar surface area (TPSA) is 117 Å². The molecule has 1 fully saturated rings. The highest BCUT2D eigenvalue weighted by molar-refractivity contribution is 7.89. The summed E-state index contributed by atoms with van der Waals surface area (Å²) in [7, 11) is -3.73. The number of nitrogens with two attached hydrogens (primary N) is 1. The highest BCUT2D eigenvalue weighted by Gasteiger charge is 2.33. The van der Waals surface area contributed by atoms with E-state index >= 15 is 0 Å². The summed E-state index contributed by atoms with van der Waals surface area (Å²) < 4.78 is 45.6. The first kappa shape index (κ1) is 28.9. The number of amides is 1. The van der Waals surface area contributed by atoms with Crippen molar-refractivity contribution in [3.05, 3.63) is 59.2 Å². The van der Waals surface area contributed by atoms with Gasteiger partial charge < -0.3 is 23.8 Å². The number of nitrogens with zero attached hydrogens (tertiary/aromatic N) is 1. The molecule has 10 heteroatoms. The second-order valence-electron chi connectivity index (χ2n) is 9.73. The minimum Gasteiger partial charge on any atom is -0.465 e. The van der Waals surface area contributed by atoms with Crippen LogP contribution in [-0.2, 0) is 24.2 Å². The van der Waals surface area contributed by atoms with Crippen LogP contribution in [0.25, 0.3) is 0 Å². The number of sulfonamides is 1. The minimum absolute atomic E-state index is 0.0526. The lowest BCUT2D eigenvalue weighted by Crippen LogP contribution is -2.25. The van der Waals surface area contributed by atoms with Gasteiger partial charge in [-0.15, -0.1) is 0 Å². The highest BCUT2D eigenvalue weighted by atomic mass is 32.2. The molecule has 4 rings (SSSR count). The maximum atomic E-state index is 12.4. The molecule has 2 aliphatic heterocycles. The summed E-state index contributed by atoms with van der Waals surface area (Å²) in [5.74, 6) is 6.74. The molecule has 2 aliphatic rings. The quantitative estimate of drug-likeness (QED) is 0.316. The fraction of sp³-hybridized carbons (Fsp3) is 0.483. The Labute approximate surface area is 230 Å². The van der Waals surface area contributed by atoms with Crippen molar-refractivity contribution in [2.45, 2.75) is 69.3 Å². The Morgan fingerprint density at radius 2 is 1.87 bits per heavy atom. The van der Waals surface area contributed by atoms with Crippen molar-refractivity contribution in [1.82, 2.24) is 4.90 Å². The van der Waals surface area contributed by atoms with Gasteiger partial charge in [-0.2, -0.15) is 0 Å². The number of rotatable bonds is 11. The van der Waals surface area contributed by atoms with Crippen LogP contribution in [0.4, 0.5) is 4.79 Å². The van der Waals surface area contributed by atoms with Crippen molar-refractivity contribution in [2.24, 2.45) is 5.14 Å². The van der Waals surface area contributed by atoms with E-state index in [4.69, 9.17) is 24.1 Å². The summed E-state index contributed by atoms with van der Waals surface area (Å²) in [6.45, 7) is 6.25. The Morgan fingerprint density at radius 3 is 2.69 bits per heavy atom. The number of carbonyl (C=O) groups excluding carboxylic acids is 1. The first-order valence-electron chi connectivity index (χ1n) is 13.3. The van der Waals surface area contributed by atoms with E-state index in [2.05, 4.69) is 11.8 Å². The van der Waals surface area contributed by atoms with Crippen molar-refractivity contribution < 1.29 is 32.2 Å². The first-order valence-corrected chi connectivity index (χ1v) is 14.9. The van der Waals surface area contributed by atoms with Gasteiger partial charge in [0, 0.05) is 30.7 Å². The normalized spacial score (nSPS) is 20.5. The fourth-order valence-corrected chi connectivity index (χ4v) is 5.18. The van der Waals surface area contributed by atoms with E-state index in [1.807, 2.05) is 32.0 Å².